The van der Waals surface area contributed by atoms with Crippen LogP contribution in [0.25, 0.3) is 0 Å². The molecule has 0 spiro atoms. The maximum absolute atomic E-state index is 10.7. The minimum atomic E-state index is -1.01. The number of benzene rings is 1. The molecule has 2 rings (SSSR count). The van der Waals surface area contributed by atoms with Gasteiger partial charge in [-0.1, -0.05) is 12.1 Å². The Morgan fingerprint density at radius 3 is 2.50 bits per heavy atom. The zero-order valence-corrected chi connectivity index (χ0v) is 11.1. The standard InChI is InChI=1S/C15H15NO4/c1-19-9-8-11-2-5-13(6-3-11)20-14-7-4-12(10-16-14)15(17)18/h2-7,10H,8-9H2,1H3,(H,17,18). The average molecular weight is 273 g/mol. The van der Waals surface area contributed by atoms with Gasteiger partial charge in [0.05, 0.1) is 12.2 Å². The molecule has 0 aliphatic heterocycles. The molecule has 0 fully saturated rings. The highest BCUT2D eigenvalue weighted by Crippen LogP contribution is 2.20. The van der Waals surface area contributed by atoms with Crippen LogP contribution in [0, 0.1) is 0 Å². The molecule has 0 aliphatic carbocycles. The summed E-state index contributed by atoms with van der Waals surface area (Å²) < 4.78 is 10.6. The molecule has 0 aliphatic rings. The molecule has 0 atom stereocenters. The van der Waals surface area contributed by atoms with Gasteiger partial charge in [-0.25, -0.2) is 9.78 Å². The van der Waals surface area contributed by atoms with Crippen molar-refractivity contribution in [3.8, 4) is 11.6 Å². The van der Waals surface area contributed by atoms with Crippen molar-refractivity contribution in [2.45, 2.75) is 6.42 Å². The molecule has 5 heteroatoms. The smallest absolute Gasteiger partial charge is 0.337 e. The van der Waals surface area contributed by atoms with E-state index >= 15 is 0 Å². The Morgan fingerprint density at radius 2 is 1.95 bits per heavy atom. The topological polar surface area (TPSA) is 68.7 Å². The van der Waals surface area contributed by atoms with Gasteiger partial charge in [-0.15, -0.1) is 0 Å². The zero-order valence-electron chi connectivity index (χ0n) is 11.1. The SMILES string of the molecule is COCCc1ccc(Oc2ccc(C(=O)O)cn2)cc1. The Balaban J connectivity index is 2.00. The highest BCUT2D eigenvalue weighted by atomic mass is 16.5. The summed E-state index contributed by atoms with van der Waals surface area (Å²) in [6, 6.07) is 10.6. The third-order valence-electron chi connectivity index (χ3n) is 2.72. The monoisotopic (exact) mass is 273 g/mol. The molecular formula is C15H15NO4. The van der Waals surface area contributed by atoms with Crippen LogP contribution in [0.3, 0.4) is 0 Å². The van der Waals surface area contributed by atoms with E-state index in [1.54, 1.807) is 7.11 Å². The first-order valence-corrected chi connectivity index (χ1v) is 6.14. The molecule has 1 N–H and O–H groups in total. The zero-order chi connectivity index (χ0) is 14.4. The molecule has 20 heavy (non-hydrogen) atoms. The Morgan fingerprint density at radius 1 is 1.20 bits per heavy atom. The van der Waals surface area contributed by atoms with Crippen LogP contribution in [0.15, 0.2) is 42.6 Å². The second kappa shape index (κ2) is 6.68. The highest BCUT2D eigenvalue weighted by Gasteiger charge is 2.04. The van der Waals surface area contributed by atoms with Gasteiger partial charge in [0, 0.05) is 19.4 Å². The molecule has 0 saturated heterocycles. The van der Waals surface area contributed by atoms with Crippen LogP contribution in [-0.2, 0) is 11.2 Å². The Kier molecular flexibility index (Phi) is 4.68. The van der Waals surface area contributed by atoms with Crippen LogP contribution in [-0.4, -0.2) is 29.8 Å². The number of carboxylic acid groups (broad SMARTS) is 1. The van der Waals surface area contributed by atoms with Crippen molar-refractivity contribution < 1.29 is 19.4 Å². The number of carbonyl (C=O) groups is 1. The van der Waals surface area contributed by atoms with Crippen LogP contribution in [0.4, 0.5) is 0 Å². The van der Waals surface area contributed by atoms with E-state index in [9.17, 15) is 4.79 Å². The molecule has 5 nitrogen and oxygen atoms in total. The Labute approximate surface area is 116 Å². The molecule has 1 heterocycles. The number of carboxylic acids is 1. The molecule has 1 aromatic carbocycles. The molecular weight excluding hydrogens is 258 g/mol. The van der Waals surface area contributed by atoms with Crippen molar-refractivity contribution in [1.82, 2.24) is 4.98 Å². The van der Waals surface area contributed by atoms with Crippen molar-refractivity contribution in [2.75, 3.05) is 13.7 Å². The van der Waals surface area contributed by atoms with E-state index < -0.39 is 5.97 Å². The van der Waals surface area contributed by atoms with Gasteiger partial charge in [0.1, 0.15) is 5.75 Å². The number of ether oxygens (including phenoxy) is 2. The number of nitrogens with zero attached hydrogens (tertiary/aromatic N) is 1. The maximum Gasteiger partial charge on any atom is 0.337 e. The number of pyridine rings is 1. The lowest BCUT2D eigenvalue weighted by Gasteiger charge is -2.06. The summed E-state index contributed by atoms with van der Waals surface area (Å²) >= 11 is 0. The van der Waals surface area contributed by atoms with Crippen LogP contribution in [0.2, 0.25) is 0 Å². The van der Waals surface area contributed by atoms with Crippen molar-refractivity contribution in [3.05, 3.63) is 53.7 Å². The summed E-state index contributed by atoms with van der Waals surface area (Å²) in [5.74, 6) is 0.00734. The minimum absolute atomic E-state index is 0.132. The Bertz CT molecular complexity index is 563. The fraction of sp³-hybridized carbons (Fsp3) is 0.200. The summed E-state index contributed by atoms with van der Waals surface area (Å²) in [6.45, 7) is 0.679. The fourth-order valence-corrected chi connectivity index (χ4v) is 1.63. The van der Waals surface area contributed by atoms with Gasteiger partial charge < -0.3 is 14.6 Å². The molecule has 2 aromatic rings. The lowest BCUT2D eigenvalue weighted by atomic mass is 10.1. The molecule has 104 valence electrons. The first-order valence-electron chi connectivity index (χ1n) is 6.14. The van der Waals surface area contributed by atoms with Gasteiger partial charge in [0.15, 0.2) is 0 Å². The summed E-state index contributed by atoms with van der Waals surface area (Å²) in [4.78, 5) is 14.6. The molecule has 0 unspecified atom stereocenters. The molecule has 0 saturated carbocycles. The van der Waals surface area contributed by atoms with E-state index in [1.807, 2.05) is 24.3 Å². The van der Waals surface area contributed by atoms with Gasteiger partial charge in [0.25, 0.3) is 0 Å². The number of hydrogen-bond donors (Lipinski definition) is 1. The molecule has 0 bridgehead atoms. The van der Waals surface area contributed by atoms with Crippen LogP contribution in [0.5, 0.6) is 11.6 Å². The summed E-state index contributed by atoms with van der Waals surface area (Å²) in [5, 5.41) is 8.78. The van der Waals surface area contributed by atoms with E-state index in [1.165, 1.54) is 18.3 Å². The van der Waals surface area contributed by atoms with Gasteiger partial charge >= 0.3 is 5.97 Å². The average Bonchev–Trinajstić information content (AvgIpc) is 2.47. The number of aromatic nitrogens is 1. The highest BCUT2D eigenvalue weighted by molar-refractivity contribution is 5.87. The quantitative estimate of drug-likeness (QED) is 0.876. The Hall–Kier alpha value is -2.40. The van der Waals surface area contributed by atoms with Crippen molar-refractivity contribution in [1.29, 1.82) is 0 Å². The number of methoxy groups -OCH3 is 1. The van der Waals surface area contributed by atoms with E-state index in [4.69, 9.17) is 14.6 Å². The largest absolute Gasteiger partial charge is 0.478 e. The second-order valence-corrected chi connectivity index (χ2v) is 4.18. The number of aromatic carboxylic acids is 1. The predicted octanol–water partition coefficient (Wildman–Crippen LogP) is 2.76. The predicted molar refractivity (Wildman–Crippen MR) is 73.3 cm³/mol. The van der Waals surface area contributed by atoms with Crippen molar-refractivity contribution >= 4 is 5.97 Å². The third kappa shape index (κ3) is 3.80. The maximum atomic E-state index is 10.7. The van der Waals surface area contributed by atoms with Gasteiger partial charge in [0.2, 0.25) is 5.88 Å². The lowest BCUT2D eigenvalue weighted by Crippen LogP contribution is -1.97. The van der Waals surface area contributed by atoms with Crippen molar-refractivity contribution in [3.63, 3.8) is 0 Å². The van der Waals surface area contributed by atoms with Crippen LogP contribution < -0.4 is 4.74 Å². The minimum Gasteiger partial charge on any atom is -0.478 e. The van der Waals surface area contributed by atoms with Gasteiger partial charge in [-0.2, -0.15) is 0 Å². The summed E-state index contributed by atoms with van der Waals surface area (Å²) in [5.41, 5.74) is 1.29. The number of rotatable bonds is 6. The van der Waals surface area contributed by atoms with Gasteiger partial charge in [-0.05, 0) is 30.2 Å². The van der Waals surface area contributed by atoms with Gasteiger partial charge in [-0.3, -0.25) is 0 Å². The lowest BCUT2D eigenvalue weighted by molar-refractivity contribution is 0.0696. The van der Waals surface area contributed by atoms with E-state index in [2.05, 4.69) is 4.98 Å². The molecule has 0 radical (unpaired) electrons. The van der Waals surface area contributed by atoms with E-state index in [0.29, 0.717) is 18.2 Å². The number of hydrogen-bond acceptors (Lipinski definition) is 4. The van der Waals surface area contributed by atoms with Crippen LogP contribution in [0.1, 0.15) is 15.9 Å². The first-order chi connectivity index (χ1) is 9.69. The third-order valence-corrected chi connectivity index (χ3v) is 2.72. The normalized spacial score (nSPS) is 10.2. The second-order valence-electron chi connectivity index (χ2n) is 4.18. The molecule has 0 amide bonds. The van der Waals surface area contributed by atoms with E-state index in [0.717, 1.165) is 12.0 Å². The molecule has 1 aromatic heterocycles. The van der Waals surface area contributed by atoms with Crippen molar-refractivity contribution in [2.24, 2.45) is 0 Å². The first kappa shape index (κ1) is 14.0. The summed E-state index contributed by atoms with van der Waals surface area (Å²) in [7, 11) is 1.67. The summed E-state index contributed by atoms with van der Waals surface area (Å²) in [6.07, 6.45) is 2.12. The fourth-order valence-electron chi connectivity index (χ4n) is 1.63. The van der Waals surface area contributed by atoms with Crippen LogP contribution >= 0.6 is 0 Å². The van der Waals surface area contributed by atoms with E-state index in [-0.39, 0.29) is 5.56 Å².